The summed E-state index contributed by atoms with van der Waals surface area (Å²) >= 11 is 2.80. The Morgan fingerprint density at radius 1 is 1.03 bits per heavy atom. The fraction of sp³-hybridized carbons (Fsp3) is 0.148. The van der Waals surface area contributed by atoms with Gasteiger partial charge in [0.15, 0.2) is 5.17 Å². The zero-order valence-corrected chi connectivity index (χ0v) is 21.9. The van der Waals surface area contributed by atoms with Crippen molar-refractivity contribution < 1.29 is 24.2 Å². The minimum absolute atomic E-state index is 0.102. The number of benzene rings is 3. The molecule has 3 aromatic rings. The summed E-state index contributed by atoms with van der Waals surface area (Å²) in [5.74, 6) is 0.223. The van der Waals surface area contributed by atoms with Gasteiger partial charge in [0.1, 0.15) is 16.4 Å². The molecule has 0 spiro atoms. The van der Waals surface area contributed by atoms with Gasteiger partial charge < -0.3 is 19.5 Å². The number of hydrogen-bond acceptors (Lipinski definition) is 9. The van der Waals surface area contributed by atoms with Crippen molar-refractivity contribution in [1.82, 2.24) is 0 Å². The van der Waals surface area contributed by atoms with Crippen LogP contribution in [-0.2, 0) is 9.53 Å². The highest BCUT2D eigenvalue weighted by atomic mass is 32.2. The van der Waals surface area contributed by atoms with E-state index in [-0.39, 0.29) is 11.7 Å². The summed E-state index contributed by atoms with van der Waals surface area (Å²) in [6, 6.07) is 18.9. The molecular weight excluding hydrogens is 510 g/mol. The molecule has 37 heavy (non-hydrogen) atoms. The third kappa shape index (κ3) is 4.77. The number of phenolic OH excluding ortho intramolecular Hbond substituents is 1. The second-order valence-electron chi connectivity index (χ2n) is 8.05. The molecule has 0 atom stereocenters. The standard InChI is InChI=1S/C27H23N3O5S2/c1-4-35-26(33)16-5-7-17(8-6-16)28-27-30(18-9-11-19(31)12-10-18)24(32)23(37-27)25-29(2)21-15-20(34-3)13-14-22(21)36-25/h5-15,31H,4H2,1-3H3/b25-23-,28-27?. The number of phenols is 1. The van der Waals surface area contributed by atoms with Crippen molar-refractivity contribution in [1.29, 1.82) is 0 Å². The van der Waals surface area contributed by atoms with Gasteiger partial charge >= 0.3 is 5.97 Å². The van der Waals surface area contributed by atoms with E-state index >= 15 is 0 Å². The molecule has 1 N–H and O–H groups in total. The van der Waals surface area contributed by atoms with Crippen LogP contribution in [0.5, 0.6) is 11.5 Å². The van der Waals surface area contributed by atoms with Crippen molar-refractivity contribution in [3.05, 3.63) is 82.2 Å². The van der Waals surface area contributed by atoms with Crippen molar-refractivity contribution in [2.45, 2.75) is 11.8 Å². The van der Waals surface area contributed by atoms with Crippen LogP contribution in [0.4, 0.5) is 17.1 Å². The normalized spacial score (nSPS) is 17.9. The first kappa shape index (κ1) is 24.8. The van der Waals surface area contributed by atoms with Gasteiger partial charge in [0.2, 0.25) is 0 Å². The largest absolute Gasteiger partial charge is 0.508 e. The molecule has 0 radical (unpaired) electrons. The summed E-state index contributed by atoms with van der Waals surface area (Å²) < 4.78 is 10.4. The van der Waals surface area contributed by atoms with E-state index in [9.17, 15) is 14.7 Å². The minimum atomic E-state index is -0.401. The van der Waals surface area contributed by atoms with Crippen molar-refractivity contribution in [3.63, 3.8) is 0 Å². The minimum Gasteiger partial charge on any atom is -0.508 e. The molecule has 0 saturated carbocycles. The van der Waals surface area contributed by atoms with E-state index in [4.69, 9.17) is 14.5 Å². The van der Waals surface area contributed by atoms with Crippen LogP contribution >= 0.6 is 23.5 Å². The fourth-order valence-corrected chi connectivity index (χ4v) is 6.18. The summed E-state index contributed by atoms with van der Waals surface area (Å²) in [6.45, 7) is 2.05. The number of rotatable bonds is 5. The first-order chi connectivity index (χ1) is 17.9. The van der Waals surface area contributed by atoms with Crippen LogP contribution < -0.4 is 14.5 Å². The lowest BCUT2D eigenvalue weighted by atomic mass is 10.2. The molecular formula is C27H23N3O5S2. The van der Waals surface area contributed by atoms with E-state index in [1.54, 1.807) is 50.4 Å². The predicted molar refractivity (Wildman–Crippen MR) is 147 cm³/mol. The van der Waals surface area contributed by atoms with Crippen LogP contribution in [-0.4, -0.2) is 42.9 Å². The monoisotopic (exact) mass is 533 g/mol. The number of esters is 1. The van der Waals surface area contributed by atoms with Gasteiger partial charge in [0, 0.05) is 18.0 Å². The second-order valence-corrected chi connectivity index (χ2v) is 10.1. The highest BCUT2D eigenvalue weighted by Crippen LogP contribution is 2.51. The average Bonchev–Trinajstić information content (AvgIpc) is 3.40. The quantitative estimate of drug-likeness (QED) is 0.327. The van der Waals surface area contributed by atoms with Crippen LogP contribution in [0.1, 0.15) is 17.3 Å². The first-order valence-corrected chi connectivity index (χ1v) is 13.0. The number of nitrogens with zero attached hydrogens (tertiary/aromatic N) is 3. The van der Waals surface area contributed by atoms with E-state index in [2.05, 4.69) is 0 Å². The molecule has 0 unspecified atom stereocenters. The maximum Gasteiger partial charge on any atom is 0.338 e. The SMILES string of the molecule is CCOC(=O)c1ccc(N=C2S/C(=C3\Sc4ccc(OC)cc4N3C)C(=O)N2c2ccc(O)cc2)cc1. The van der Waals surface area contributed by atoms with E-state index in [0.717, 1.165) is 21.4 Å². The molecule has 2 aliphatic rings. The second kappa shape index (κ2) is 10.2. The van der Waals surface area contributed by atoms with Crippen molar-refractivity contribution in [3.8, 4) is 11.5 Å². The topological polar surface area (TPSA) is 91.7 Å². The Kier molecular flexibility index (Phi) is 6.86. The molecule has 0 bridgehead atoms. The number of carbonyl (C=O) groups is 2. The van der Waals surface area contributed by atoms with Gasteiger partial charge in [-0.1, -0.05) is 11.8 Å². The predicted octanol–water partition coefficient (Wildman–Crippen LogP) is 5.76. The third-order valence-corrected chi connectivity index (χ3v) is 8.12. The number of anilines is 2. The summed E-state index contributed by atoms with van der Waals surface area (Å²) in [6.07, 6.45) is 0. The molecule has 3 aromatic carbocycles. The van der Waals surface area contributed by atoms with Gasteiger partial charge in [0.25, 0.3) is 5.91 Å². The van der Waals surface area contributed by atoms with E-state index in [0.29, 0.717) is 33.6 Å². The van der Waals surface area contributed by atoms with Gasteiger partial charge in [-0.3, -0.25) is 9.69 Å². The number of aromatic hydroxyl groups is 1. The van der Waals surface area contributed by atoms with Crippen LogP contribution in [0.25, 0.3) is 0 Å². The molecule has 0 aromatic heterocycles. The summed E-state index contributed by atoms with van der Waals surface area (Å²) in [5.41, 5.74) is 2.55. The number of hydrogen-bond donors (Lipinski definition) is 1. The van der Waals surface area contributed by atoms with Gasteiger partial charge in [0.05, 0.1) is 41.4 Å². The Hall–Kier alpha value is -3.89. The third-order valence-electron chi connectivity index (χ3n) is 5.73. The lowest BCUT2D eigenvalue weighted by Gasteiger charge is -2.17. The van der Waals surface area contributed by atoms with Gasteiger partial charge in [-0.2, -0.15) is 0 Å². The number of amides is 1. The fourth-order valence-electron chi connectivity index (χ4n) is 3.86. The number of amidine groups is 1. The zero-order valence-electron chi connectivity index (χ0n) is 20.3. The molecule has 1 amide bonds. The Morgan fingerprint density at radius 3 is 2.43 bits per heavy atom. The molecule has 10 heteroatoms. The Labute approximate surface area is 222 Å². The van der Waals surface area contributed by atoms with Crippen molar-refractivity contribution in [2.75, 3.05) is 30.6 Å². The van der Waals surface area contributed by atoms with Crippen LogP contribution in [0.3, 0.4) is 0 Å². The smallest absolute Gasteiger partial charge is 0.338 e. The van der Waals surface area contributed by atoms with Gasteiger partial charge in [-0.15, -0.1) is 0 Å². The van der Waals surface area contributed by atoms with Crippen molar-refractivity contribution in [2.24, 2.45) is 4.99 Å². The molecule has 2 heterocycles. The maximum atomic E-state index is 13.8. The summed E-state index contributed by atoms with van der Waals surface area (Å²) in [5, 5.41) is 11.0. The van der Waals surface area contributed by atoms with E-state index in [1.165, 1.54) is 40.6 Å². The number of aliphatic imine (C=N–C) groups is 1. The number of thioether (sulfide) groups is 2. The lowest BCUT2D eigenvalue weighted by Crippen LogP contribution is -2.29. The maximum absolute atomic E-state index is 13.8. The Bertz CT molecular complexity index is 1440. The van der Waals surface area contributed by atoms with Crippen LogP contribution in [0.2, 0.25) is 0 Å². The molecule has 1 fully saturated rings. The van der Waals surface area contributed by atoms with Crippen LogP contribution in [0, 0.1) is 0 Å². The van der Waals surface area contributed by atoms with Crippen LogP contribution in [0.15, 0.2) is 86.6 Å². The van der Waals surface area contributed by atoms with Gasteiger partial charge in [-0.05, 0) is 79.3 Å². The van der Waals surface area contributed by atoms with Gasteiger partial charge in [-0.25, -0.2) is 9.79 Å². The molecule has 5 rings (SSSR count). The summed E-state index contributed by atoms with van der Waals surface area (Å²) in [7, 11) is 3.54. The molecule has 1 saturated heterocycles. The lowest BCUT2D eigenvalue weighted by molar-refractivity contribution is -0.113. The highest BCUT2D eigenvalue weighted by Gasteiger charge is 2.40. The average molecular weight is 534 g/mol. The molecule has 2 aliphatic heterocycles. The molecule has 8 nitrogen and oxygen atoms in total. The Morgan fingerprint density at radius 2 is 1.76 bits per heavy atom. The summed E-state index contributed by atoms with van der Waals surface area (Å²) in [4.78, 5) is 35.6. The highest BCUT2D eigenvalue weighted by molar-refractivity contribution is 8.20. The number of methoxy groups -OCH3 is 1. The molecule has 188 valence electrons. The van der Waals surface area contributed by atoms with Crippen molar-refractivity contribution >= 4 is 57.6 Å². The number of carbonyl (C=O) groups excluding carboxylic acids is 2. The number of fused-ring (bicyclic) bond motifs is 1. The van der Waals surface area contributed by atoms with E-state index in [1.807, 2.05) is 30.1 Å². The number of ether oxygens (including phenoxy) is 2. The zero-order chi connectivity index (χ0) is 26.1. The van der Waals surface area contributed by atoms with E-state index < -0.39 is 5.97 Å². The first-order valence-electron chi connectivity index (χ1n) is 11.4. The Balaban J connectivity index is 1.54. The molecule has 0 aliphatic carbocycles.